The van der Waals surface area contributed by atoms with Gasteiger partial charge in [0, 0.05) is 5.92 Å². The molecule has 0 spiro atoms. The smallest absolute Gasteiger partial charge is 0.343 e. The molecule has 4 N–H and O–H groups in total. The van der Waals surface area contributed by atoms with E-state index in [4.69, 9.17) is 15.3 Å². The molecule has 1 fully saturated rings. The van der Waals surface area contributed by atoms with Gasteiger partial charge >= 0.3 is 5.69 Å². The Morgan fingerprint density at radius 1 is 1.44 bits per heavy atom. The second-order valence-corrected chi connectivity index (χ2v) is 6.32. The van der Waals surface area contributed by atoms with Crippen LogP contribution < -0.4 is 16.5 Å². The third kappa shape index (κ3) is 2.01. The number of rotatable bonds is 4. The van der Waals surface area contributed by atoms with E-state index in [1.165, 1.54) is 4.57 Å². The molecule has 5 rings (SSSR count). The van der Waals surface area contributed by atoms with Crippen LogP contribution in [0.4, 0.5) is 5.82 Å². The Morgan fingerprint density at radius 2 is 2.28 bits per heavy atom. The van der Waals surface area contributed by atoms with Gasteiger partial charge in [0.1, 0.15) is 17.6 Å². The van der Waals surface area contributed by atoms with Crippen LogP contribution in [-0.4, -0.2) is 42.8 Å². The summed E-state index contributed by atoms with van der Waals surface area (Å²) in [6, 6.07) is 3.61. The van der Waals surface area contributed by atoms with E-state index >= 15 is 0 Å². The number of furan rings is 1. The highest BCUT2D eigenvalue weighted by molar-refractivity contribution is 6.14. The molecule has 0 bridgehead atoms. The minimum Gasteiger partial charge on any atom is -0.463 e. The summed E-state index contributed by atoms with van der Waals surface area (Å²) in [7, 11) is 0. The lowest BCUT2D eigenvalue weighted by Gasteiger charge is -2.29. The fraction of sp³-hybridized carbons (Fsp3) is 0.400. The zero-order valence-corrected chi connectivity index (χ0v) is 13.3. The Hall–Kier alpha value is -2.85. The molecule has 10 nitrogen and oxygen atoms in total. The van der Waals surface area contributed by atoms with Gasteiger partial charge < -0.3 is 9.52 Å². The summed E-state index contributed by atoms with van der Waals surface area (Å²) in [5.41, 5.74) is 0.840. The number of nitrogens with one attached hydrogen (secondary N) is 1. The Kier molecular flexibility index (Phi) is 2.94. The number of anilines is 1. The molecule has 0 saturated heterocycles. The average Bonchev–Trinajstić information content (AvgIpc) is 3.03. The van der Waals surface area contributed by atoms with Crippen LogP contribution in [-0.2, 0) is 6.54 Å². The first-order chi connectivity index (χ1) is 12.2. The number of hydrogen-bond acceptors (Lipinski definition) is 7. The molecule has 1 unspecified atom stereocenters. The molecule has 1 atom stereocenters. The Balaban J connectivity index is 1.77. The molecule has 0 radical (unpaired) electrons. The van der Waals surface area contributed by atoms with E-state index in [1.807, 2.05) is 6.07 Å². The molecule has 0 amide bonds. The Bertz CT molecular complexity index is 1020. The number of nitrogens with zero attached hydrogens (tertiary/aromatic N) is 5. The molecule has 130 valence electrons. The molecular weight excluding hydrogens is 326 g/mol. The lowest BCUT2D eigenvalue weighted by atomic mass is 10.1. The summed E-state index contributed by atoms with van der Waals surface area (Å²) in [5.74, 6) is 8.21. The maximum atomic E-state index is 12.2. The highest BCUT2D eigenvalue weighted by Gasteiger charge is 2.41. The lowest BCUT2D eigenvalue weighted by molar-refractivity contribution is 0.276. The van der Waals surface area contributed by atoms with Gasteiger partial charge in [0.2, 0.25) is 5.78 Å². The first kappa shape index (κ1) is 14.5. The molecule has 2 aliphatic rings. The van der Waals surface area contributed by atoms with Crippen LogP contribution in [0.25, 0.3) is 5.78 Å². The predicted molar refractivity (Wildman–Crippen MR) is 88.4 cm³/mol. The number of hydrazine groups is 1. The van der Waals surface area contributed by atoms with Gasteiger partial charge in [-0.05, 0) is 25.0 Å². The predicted octanol–water partition coefficient (Wildman–Crippen LogP) is -0.323. The van der Waals surface area contributed by atoms with Crippen LogP contribution in [0.1, 0.15) is 24.3 Å². The maximum absolute atomic E-state index is 12.2. The molecule has 1 aliphatic carbocycles. The van der Waals surface area contributed by atoms with Crippen molar-refractivity contribution in [3.8, 4) is 0 Å². The van der Waals surface area contributed by atoms with Crippen molar-refractivity contribution in [3.05, 3.63) is 40.3 Å². The zero-order chi connectivity index (χ0) is 17.1. The van der Waals surface area contributed by atoms with Gasteiger partial charge in [0.25, 0.3) is 0 Å². The van der Waals surface area contributed by atoms with Crippen LogP contribution in [0, 0.1) is 5.92 Å². The van der Waals surface area contributed by atoms with E-state index in [0.717, 1.165) is 12.8 Å². The normalized spacial score (nSPS) is 20.2. The van der Waals surface area contributed by atoms with Crippen LogP contribution in [0.2, 0.25) is 0 Å². The quantitative estimate of drug-likeness (QED) is 0.557. The van der Waals surface area contributed by atoms with E-state index in [2.05, 4.69) is 10.1 Å². The Morgan fingerprint density at radius 3 is 2.96 bits per heavy atom. The molecule has 1 saturated carbocycles. The SMILES string of the molecule is NN1c2nc3n(CCO)c(=O)[nH]n3c2C(c2ccco2)=NC1C1CC1. The van der Waals surface area contributed by atoms with Crippen LogP contribution >= 0.6 is 0 Å². The van der Waals surface area contributed by atoms with Crippen molar-refractivity contribution in [3.63, 3.8) is 0 Å². The average molecular weight is 343 g/mol. The summed E-state index contributed by atoms with van der Waals surface area (Å²) < 4.78 is 8.47. The number of nitrogens with two attached hydrogens (primary N) is 1. The van der Waals surface area contributed by atoms with Crippen molar-refractivity contribution in [2.45, 2.75) is 25.6 Å². The highest BCUT2D eigenvalue weighted by atomic mass is 16.3. The fourth-order valence-corrected chi connectivity index (χ4v) is 3.33. The summed E-state index contributed by atoms with van der Waals surface area (Å²) in [4.78, 5) is 21.5. The second-order valence-electron chi connectivity index (χ2n) is 6.32. The number of aliphatic hydroxyl groups is 1. The van der Waals surface area contributed by atoms with Crippen molar-refractivity contribution in [1.82, 2.24) is 19.2 Å². The number of aromatic amines is 1. The van der Waals surface area contributed by atoms with Gasteiger partial charge in [0.15, 0.2) is 11.6 Å². The molecule has 3 aromatic rings. The minimum atomic E-state index is -0.356. The third-order valence-electron chi connectivity index (χ3n) is 4.67. The van der Waals surface area contributed by atoms with E-state index in [-0.39, 0.29) is 25.0 Å². The number of fused-ring (bicyclic) bond motifs is 3. The summed E-state index contributed by atoms with van der Waals surface area (Å²) in [5, 5.41) is 13.5. The molecule has 4 heterocycles. The second kappa shape index (κ2) is 5.07. The van der Waals surface area contributed by atoms with Crippen molar-refractivity contribution >= 4 is 17.3 Å². The largest absolute Gasteiger partial charge is 0.463 e. The molecular formula is C15H17N7O3. The number of imidazole rings is 1. The summed E-state index contributed by atoms with van der Waals surface area (Å²) in [6.45, 7) is -0.0211. The third-order valence-corrected chi connectivity index (χ3v) is 4.67. The molecule has 25 heavy (non-hydrogen) atoms. The number of H-pyrrole nitrogens is 1. The highest BCUT2D eigenvalue weighted by Crippen LogP contribution is 2.40. The van der Waals surface area contributed by atoms with Gasteiger partial charge in [-0.1, -0.05) is 0 Å². The van der Waals surface area contributed by atoms with Crippen LogP contribution in [0.15, 0.2) is 32.6 Å². The van der Waals surface area contributed by atoms with E-state index < -0.39 is 0 Å². The van der Waals surface area contributed by atoms with Crippen molar-refractivity contribution < 1.29 is 9.52 Å². The van der Waals surface area contributed by atoms with E-state index in [0.29, 0.717) is 34.7 Å². The maximum Gasteiger partial charge on any atom is 0.343 e. The molecule has 10 heteroatoms. The number of aromatic nitrogens is 4. The first-order valence-electron chi connectivity index (χ1n) is 8.17. The standard InChI is InChI=1S/C15H17N7O3/c16-21-12(8-3-4-8)17-10(9-2-1-7-25-9)11-13(21)18-14-20(5-6-23)15(24)19-22(11)14/h1-2,7-8,12,23H,3-6,16H2,(H,19,24). The van der Waals surface area contributed by atoms with Gasteiger partial charge in [-0.25, -0.2) is 20.3 Å². The Labute approximate surface area is 141 Å². The fourth-order valence-electron chi connectivity index (χ4n) is 3.33. The van der Waals surface area contributed by atoms with Gasteiger partial charge in [-0.2, -0.15) is 4.98 Å². The van der Waals surface area contributed by atoms with Crippen molar-refractivity contribution in [1.29, 1.82) is 0 Å². The van der Waals surface area contributed by atoms with Crippen LogP contribution in [0.5, 0.6) is 0 Å². The topological polar surface area (TPSA) is 130 Å². The van der Waals surface area contributed by atoms with Gasteiger partial charge in [0.05, 0.1) is 19.4 Å². The molecule has 3 aromatic heterocycles. The zero-order valence-electron chi connectivity index (χ0n) is 13.3. The molecule has 1 aliphatic heterocycles. The van der Waals surface area contributed by atoms with E-state index in [9.17, 15) is 9.90 Å². The van der Waals surface area contributed by atoms with Crippen LogP contribution in [0.3, 0.4) is 0 Å². The van der Waals surface area contributed by atoms with Gasteiger partial charge in [-0.3, -0.25) is 14.6 Å². The summed E-state index contributed by atoms with van der Waals surface area (Å²) in [6.07, 6.45) is 3.52. The number of aliphatic hydroxyl groups excluding tert-OH is 1. The van der Waals surface area contributed by atoms with Gasteiger partial charge in [-0.15, -0.1) is 0 Å². The summed E-state index contributed by atoms with van der Waals surface area (Å²) >= 11 is 0. The van der Waals surface area contributed by atoms with Crippen molar-refractivity contribution in [2.75, 3.05) is 11.6 Å². The minimum absolute atomic E-state index is 0.144. The number of hydrogen-bond donors (Lipinski definition) is 3. The first-order valence-corrected chi connectivity index (χ1v) is 8.17. The lowest BCUT2D eigenvalue weighted by Crippen LogP contribution is -2.46. The number of aliphatic imine (C=N–C) groups is 1. The van der Waals surface area contributed by atoms with Crippen molar-refractivity contribution in [2.24, 2.45) is 16.8 Å². The monoisotopic (exact) mass is 343 g/mol. The van der Waals surface area contributed by atoms with E-state index in [1.54, 1.807) is 21.9 Å². The molecule has 0 aromatic carbocycles.